The first-order valence-corrected chi connectivity index (χ1v) is 8.69. The van der Waals surface area contributed by atoms with Crippen molar-refractivity contribution in [2.45, 2.75) is 31.8 Å². The predicted molar refractivity (Wildman–Crippen MR) is 84.7 cm³/mol. The van der Waals surface area contributed by atoms with E-state index in [1.807, 2.05) is 5.32 Å². The van der Waals surface area contributed by atoms with E-state index in [4.69, 9.17) is 21.1 Å². The molecule has 0 bridgehead atoms. The van der Waals surface area contributed by atoms with Gasteiger partial charge in [0.1, 0.15) is 17.8 Å². The van der Waals surface area contributed by atoms with Crippen LogP contribution in [0.2, 0.25) is 0 Å². The topological polar surface area (TPSA) is 236 Å². The molecule has 0 aromatic heterocycles. The first-order chi connectivity index (χ1) is 11.7. The van der Waals surface area contributed by atoms with Crippen LogP contribution in [0.4, 0.5) is 0 Å². The Kier molecular flexibility index (Phi) is 8.65. The van der Waals surface area contributed by atoms with Crippen LogP contribution in [0, 0.1) is 5.92 Å². The largest absolute Gasteiger partial charge is 0.480 e. The molecular weight excluding hydrogens is 376 g/mol. The number of aliphatic carboxylic acids is 1. The Morgan fingerprint density at radius 1 is 1.00 bits per heavy atom. The van der Waals surface area contributed by atoms with E-state index in [1.165, 1.54) is 6.92 Å². The molecule has 0 aliphatic rings. The molecule has 13 nitrogen and oxygen atoms in total. The van der Waals surface area contributed by atoms with Crippen molar-refractivity contribution in [3.63, 3.8) is 0 Å². The molecule has 0 radical (unpaired) electrons. The van der Waals surface area contributed by atoms with Gasteiger partial charge >= 0.3 is 5.97 Å². The van der Waals surface area contributed by atoms with Crippen molar-refractivity contribution in [1.82, 2.24) is 10.6 Å². The van der Waals surface area contributed by atoms with Crippen LogP contribution in [0.25, 0.3) is 0 Å². The van der Waals surface area contributed by atoms with Crippen molar-refractivity contribution in [3.05, 3.63) is 0 Å². The number of carbonyl (C=O) groups excluding carboxylic acids is 4. The molecule has 148 valence electrons. The van der Waals surface area contributed by atoms with Gasteiger partial charge in [0.2, 0.25) is 23.6 Å². The van der Waals surface area contributed by atoms with Gasteiger partial charge in [-0.1, -0.05) is 6.92 Å². The van der Waals surface area contributed by atoms with Crippen LogP contribution in [0.15, 0.2) is 0 Å². The molecule has 14 heteroatoms. The maximum Gasteiger partial charge on any atom is 0.327 e. The summed E-state index contributed by atoms with van der Waals surface area (Å²) in [5.41, 5.74) is 9.92. The van der Waals surface area contributed by atoms with Gasteiger partial charge in [-0.05, 0) is 0 Å². The SMILES string of the molecule is C[C@H](CC(=O)N[C@H](CS(=O)(=O)O)C(=O)O)C(=O)N[C@H](CC(N)=O)C(N)=O. The van der Waals surface area contributed by atoms with Crippen LogP contribution in [0.5, 0.6) is 0 Å². The number of nitrogens with two attached hydrogens (primary N) is 2. The summed E-state index contributed by atoms with van der Waals surface area (Å²) >= 11 is 0. The van der Waals surface area contributed by atoms with Crippen molar-refractivity contribution in [2.75, 3.05) is 5.75 Å². The fourth-order valence-electron chi connectivity index (χ4n) is 1.75. The molecule has 8 N–H and O–H groups in total. The first-order valence-electron chi connectivity index (χ1n) is 7.08. The average Bonchev–Trinajstić information content (AvgIpc) is 2.43. The van der Waals surface area contributed by atoms with E-state index in [2.05, 4.69) is 5.32 Å². The third-order valence-corrected chi connectivity index (χ3v) is 3.77. The Labute approximate surface area is 148 Å². The minimum Gasteiger partial charge on any atom is -0.480 e. The van der Waals surface area contributed by atoms with Gasteiger partial charge in [0.05, 0.1) is 6.42 Å². The molecule has 26 heavy (non-hydrogen) atoms. The molecule has 0 aromatic rings. The Balaban J connectivity index is 4.81. The minimum atomic E-state index is -4.67. The fourth-order valence-corrected chi connectivity index (χ4v) is 2.39. The maximum atomic E-state index is 11.9. The second-order valence-corrected chi connectivity index (χ2v) is 6.94. The van der Waals surface area contributed by atoms with Gasteiger partial charge in [-0.25, -0.2) is 4.79 Å². The number of carbonyl (C=O) groups is 5. The molecule has 4 amide bonds. The predicted octanol–water partition coefficient (Wildman–Crippen LogP) is -3.68. The van der Waals surface area contributed by atoms with Gasteiger partial charge in [0.25, 0.3) is 10.1 Å². The van der Waals surface area contributed by atoms with Gasteiger partial charge in [-0.15, -0.1) is 0 Å². The number of amides is 4. The summed E-state index contributed by atoms with van der Waals surface area (Å²) in [5.74, 6) is -7.78. The van der Waals surface area contributed by atoms with Gasteiger partial charge < -0.3 is 27.2 Å². The monoisotopic (exact) mass is 396 g/mol. The number of hydrogen-bond acceptors (Lipinski definition) is 7. The number of hydrogen-bond donors (Lipinski definition) is 6. The molecule has 0 unspecified atom stereocenters. The highest BCUT2D eigenvalue weighted by molar-refractivity contribution is 7.85. The Hall–Kier alpha value is -2.74. The average molecular weight is 396 g/mol. The highest BCUT2D eigenvalue weighted by Gasteiger charge is 2.28. The second kappa shape index (κ2) is 9.67. The molecule has 0 saturated heterocycles. The summed E-state index contributed by atoms with van der Waals surface area (Å²) in [6.07, 6.45) is -1.11. The van der Waals surface area contributed by atoms with Crippen molar-refractivity contribution >= 4 is 39.7 Å². The molecular formula is C12H20N4O9S. The van der Waals surface area contributed by atoms with E-state index in [9.17, 15) is 32.4 Å². The van der Waals surface area contributed by atoms with Gasteiger partial charge in [0.15, 0.2) is 0 Å². The standard InChI is InChI=1S/C12H20N4O9S/c1-5(11(20)16-6(10(14)19)3-8(13)17)2-9(18)15-7(12(21)22)4-26(23,24)25/h5-7H,2-4H2,1H3,(H2,13,17)(H2,14,19)(H,15,18)(H,16,20)(H,21,22)(H,23,24,25)/t5-,6-,7-/m1/s1. The summed E-state index contributed by atoms with van der Waals surface area (Å²) < 4.78 is 30.1. The van der Waals surface area contributed by atoms with E-state index in [0.29, 0.717) is 0 Å². The minimum absolute atomic E-state index is 0.546. The Bertz CT molecular complexity index is 691. The van der Waals surface area contributed by atoms with Crippen LogP contribution in [-0.2, 0) is 34.1 Å². The number of nitrogens with one attached hydrogen (secondary N) is 2. The highest BCUT2D eigenvalue weighted by atomic mass is 32.2. The molecule has 3 atom stereocenters. The fraction of sp³-hybridized carbons (Fsp3) is 0.583. The zero-order valence-corrected chi connectivity index (χ0v) is 14.5. The quantitative estimate of drug-likeness (QED) is 0.188. The van der Waals surface area contributed by atoms with Crippen LogP contribution >= 0.6 is 0 Å². The van der Waals surface area contributed by atoms with E-state index in [-0.39, 0.29) is 0 Å². The molecule has 0 aliphatic carbocycles. The number of carboxylic acid groups (broad SMARTS) is 1. The highest BCUT2D eigenvalue weighted by Crippen LogP contribution is 2.05. The van der Waals surface area contributed by atoms with Crippen LogP contribution in [0.3, 0.4) is 0 Å². The lowest BCUT2D eigenvalue weighted by Gasteiger charge is -2.18. The van der Waals surface area contributed by atoms with Crippen molar-refractivity contribution in [1.29, 1.82) is 0 Å². The lowest BCUT2D eigenvalue weighted by atomic mass is 10.0. The summed E-state index contributed by atoms with van der Waals surface area (Å²) in [7, 11) is -4.67. The molecule has 0 rings (SSSR count). The van der Waals surface area contributed by atoms with E-state index in [0.717, 1.165) is 0 Å². The molecule has 0 heterocycles. The Morgan fingerprint density at radius 2 is 1.54 bits per heavy atom. The van der Waals surface area contributed by atoms with Crippen LogP contribution < -0.4 is 22.1 Å². The number of rotatable bonds is 11. The third kappa shape index (κ3) is 9.53. The van der Waals surface area contributed by atoms with E-state index >= 15 is 0 Å². The summed E-state index contributed by atoms with van der Waals surface area (Å²) in [4.78, 5) is 56.5. The van der Waals surface area contributed by atoms with Crippen molar-refractivity contribution in [3.8, 4) is 0 Å². The molecule has 0 fully saturated rings. The Morgan fingerprint density at radius 3 is 1.92 bits per heavy atom. The smallest absolute Gasteiger partial charge is 0.327 e. The first kappa shape index (κ1) is 23.3. The van der Waals surface area contributed by atoms with Gasteiger partial charge in [-0.2, -0.15) is 8.42 Å². The van der Waals surface area contributed by atoms with Gasteiger partial charge in [-0.3, -0.25) is 23.7 Å². The molecule has 0 spiro atoms. The molecule has 0 saturated carbocycles. The second-order valence-electron chi connectivity index (χ2n) is 5.45. The normalized spacial score (nSPS) is 14.5. The molecule has 0 aromatic carbocycles. The van der Waals surface area contributed by atoms with Crippen molar-refractivity contribution in [2.24, 2.45) is 17.4 Å². The van der Waals surface area contributed by atoms with E-state index < -0.39 is 76.3 Å². The summed E-state index contributed by atoms with van der Waals surface area (Å²) in [6.45, 7) is 1.26. The van der Waals surface area contributed by atoms with E-state index in [1.54, 1.807) is 0 Å². The van der Waals surface area contributed by atoms with Gasteiger partial charge in [0, 0.05) is 12.3 Å². The zero-order valence-electron chi connectivity index (χ0n) is 13.7. The maximum absolute atomic E-state index is 11.9. The number of carboxylic acids is 1. The van der Waals surface area contributed by atoms with Crippen LogP contribution in [0.1, 0.15) is 19.8 Å². The lowest BCUT2D eigenvalue weighted by molar-refractivity contribution is -0.141. The third-order valence-electron chi connectivity index (χ3n) is 3.02. The van der Waals surface area contributed by atoms with Crippen LogP contribution in [-0.4, -0.2) is 65.5 Å². The van der Waals surface area contributed by atoms with Crippen molar-refractivity contribution < 1.29 is 42.0 Å². The summed E-state index contributed by atoms with van der Waals surface area (Å²) in [5, 5.41) is 12.8. The molecule has 0 aliphatic heterocycles. The summed E-state index contributed by atoms with van der Waals surface area (Å²) in [6, 6.07) is -3.29. The zero-order chi connectivity index (χ0) is 20.7. The number of primary amides is 2. The lowest BCUT2D eigenvalue weighted by Crippen LogP contribution is -2.49.